The van der Waals surface area contributed by atoms with Crippen molar-refractivity contribution in [3.05, 3.63) is 23.1 Å². The van der Waals surface area contributed by atoms with Gasteiger partial charge in [-0.2, -0.15) is 0 Å². The zero-order valence-corrected chi connectivity index (χ0v) is 19.4. The van der Waals surface area contributed by atoms with E-state index in [2.05, 4.69) is 42.0 Å². The van der Waals surface area contributed by atoms with Crippen molar-refractivity contribution in [1.82, 2.24) is 15.6 Å². The molecule has 3 heterocycles. The van der Waals surface area contributed by atoms with Crippen LogP contribution in [0.15, 0.2) is 18.2 Å². The van der Waals surface area contributed by atoms with Gasteiger partial charge in [-0.25, -0.2) is 4.98 Å². The third-order valence-corrected chi connectivity index (χ3v) is 5.90. The lowest BCUT2D eigenvalue weighted by Crippen LogP contribution is -2.33. The van der Waals surface area contributed by atoms with E-state index in [-0.39, 0.29) is 24.2 Å². The summed E-state index contributed by atoms with van der Waals surface area (Å²) in [6, 6.07) is 3.96. The lowest BCUT2D eigenvalue weighted by molar-refractivity contribution is -0.118. The number of hydrogen-bond donors (Lipinski definition) is 5. The molecule has 3 rings (SSSR count). The number of nitrogens with one attached hydrogen (secondary N) is 5. The minimum Gasteiger partial charge on any atom is -0.375 e. The second-order valence-electron chi connectivity index (χ2n) is 8.53. The third-order valence-electron chi connectivity index (χ3n) is 4.71. The molecule has 0 saturated carbocycles. The van der Waals surface area contributed by atoms with Crippen molar-refractivity contribution < 1.29 is 9.53 Å². The number of allylic oxidation sites excluding steroid dienone is 1. The van der Waals surface area contributed by atoms with E-state index < -0.39 is 0 Å². The zero-order chi connectivity index (χ0) is 22.4. The van der Waals surface area contributed by atoms with Gasteiger partial charge in [0.1, 0.15) is 12.0 Å². The number of carbonyl (C=O) groups is 1. The summed E-state index contributed by atoms with van der Waals surface area (Å²) in [5, 5.41) is 20.3. The van der Waals surface area contributed by atoms with Crippen LogP contribution in [-0.2, 0) is 9.53 Å². The molecule has 1 amide bonds. The van der Waals surface area contributed by atoms with Gasteiger partial charge in [0.05, 0.1) is 33.0 Å². The Hall–Kier alpha value is -2.65. The Labute approximate surface area is 187 Å². The van der Waals surface area contributed by atoms with Crippen molar-refractivity contribution in [3.63, 3.8) is 0 Å². The number of fused-ring (bicyclic) bond motifs is 1. The average molecular weight is 445 g/mol. The Morgan fingerprint density at radius 3 is 2.81 bits per heavy atom. The van der Waals surface area contributed by atoms with Crippen LogP contribution in [0.1, 0.15) is 44.9 Å². The summed E-state index contributed by atoms with van der Waals surface area (Å²) in [5.74, 6) is 0.650. The van der Waals surface area contributed by atoms with E-state index in [4.69, 9.17) is 15.1 Å². The molecule has 0 aromatic carbocycles. The van der Waals surface area contributed by atoms with Crippen LogP contribution in [0.3, 0.4) is 0 Å². The molecule has 1 atom stereocenters. The largest absolute Gasteiger partial charge is 0.375 e. The van der Waals surface area contributed by atoms with Crippen molar-refractivity contribution in [3.8, 4) is 0 Å². The fraction of sp³-hybridized carbons (Fsp3) is 0.500. The van der Waals surface area contributed by atoms with Crippen LogP contribution in [0.4, 0.5) is 11.5 Å². The maximum Gasteiger partial charge on any atom is 0.239 e. The molecular weight excluding hydrogens is 412 g/mol. The van der Waals surface area contributed by atoms with Gasteiger partial charge in [-0.05, 0) is 52.2 Å². The molecule has 1 aliphatic rings. The van der Waals surface area contributed by atoms with Gasteiger partial charge in [0.25, 0.3) is 0 Å². The monoisotopic (exact) mass is 444 g/mol. The van der Waals surface area contributed by atoms with Crippen molar-refractivity contribution in [2.24, 2.45) is 0 Å². The van der Waals surface area contributed by atoms with E-state index in [0.29, 0.717) is 0 Å². The second-order valence-corrected chi connectivity index (χ2v) is 9.58. The van der Waals surface area contributed by atoms with Gasteiger partial charge in [0.15, 0.2) is 0 Å². The normalized spacial score (nSPS) is 17.3. The number of likely N-dealkylation sites (N-methyl/N-ethyl adjacent to an activating group) is 1. The molecule has 9 heteroatoms. The highest BCUT2D eigenvalue weighted by Crippen LogP contribution is 2.36. The molecule has 0 spiro atoms. The molecule has 1 unspecified atom stereocenters. The molecule has 1 fully saturated rings. The van der Waals surface area contributed by atoms with Crippen LogP contribution in [0.25, 0.3) is 15.9 Å². The SMILES string of the molecule is CNC(=O)CNc1cc(NC(C)(C)C)nc2cc(/C(=C/C=N)NC3CCCCO3)sc12. The van der Waals surface area contributed by atoms with Crippen LogP contribution in [-0.4, -0.2) is 49.1 Å². The molecule has 0 radical (unpaired) electrons. The number of anilines is 2. The van der Waals surface area contributed by atoms with Gasteiger partial charge in [-0.1, -0.05) is 0 Å². The van der Waals surface area contributed by atoms with Crippen LogP contribution < -0.4 is 21.3 Å². The Morgan fingerprint density at radius 2 is 2.16 bits per heavy atom. The van der Waals surface area contributed by atoms with E-state index in [1.165, 1.54) is 6.21 Å². The van der Waals surface area contributed by atoms with E-state index in [1.807, 2.05) is 12.1 Å². The molecule has 1 saturated heterocycles. The van der Waals surface area contributed by atoms with Crippen molar-refractivity contribution in [1.29, 1.82) is 5.41 Å². The topological polar surface area (TPSA) is 111 Å². The van der Waals surface area contributed by atoms with Gasteiger partial charge >= 0.3 is 0 Å². The van der Waals surface area contributed by atoms with E-state index in [0.717, 1.165) is 58.2 Å². The summed E-state index contributed by atoms with van der Waals surface area (Å²) in [6.45, 7) is 7.16. The van der Waals surface area contributed by atoms with Gasteiger partial charge in [-0.15, -0.1) is 11.3 Å². The number of pyridine rings is 1. The number of carbonyl (C=O) groups excluding carboxylic acids is 1. The molecule has 2 aromatic heterocycles. The number of rotatable bonds is 8. The first kappa shape index (κ1) is 23.0. The molecule has 0 bridgehead atoms. The maximum atomic E-state index is 11.8. The molecule has 2 aromatic rings. The molecule has 0 aliphatic carbocycles. The predicted molar refractivity (Wildman–Crippen MR) is 129 cm³/mol. The first-order valence-corrected chi connectivity index (χ1v) is 11.4. The number of hydrogen-bond acceptors (Lipinski definition) is 8. The first-order chi connectivity index (χ1) is 14.8. The molecule has 5 N–H and O–H groups in total. The van der Waals surface area contributed by atoms with Gasteiger partial charge in [0, 0.05) is 31.5 Å². The predicted octanol–water partition coefficient (Wildman–Crippen LogP) is 3.77. The lowest BCUT2D eigenvalue weighted by Gasteiger charge is -2.25. The molecular formula is C22H32N6O2S. The highest BCUT2D eigenvalue weighted by Gasteiger charge is 2.19. The Morgan fingerprint density at radius 1 is 1.35 bits per heavy atom. The fourth-order valence-corrected chi connectivity index (χ4v) is 4.39. The molecule has 31 heavy (non-hydrogen) atoms. The van der Waals surface area contributed by atoms with E-state index in [1.54, 1.807) is 24.5 Å². The van der Waals surface area contributed by atoms with Crippen molar-refractivity contribution in [2.45, 2.75) is 51.8 Å². The lowest BCUT2D eigenvalue weighted by atomic mass is 10.1. The Balaban J connectivity index is 1.97. The molecule has 168 valence electrons. The first-order valence-electron chi connectivity index (χ1n) is 10.6. The van der Waals surface area contributed by atoms with Gasteiger partial charge < -0.3 is 31.4 Å². The van der Waals surface area contributed by atoms with E-state index >= 15 is 0 Å². The maximum absolute atomic E-state index is 11.8. The summed E-state index contributed by atoms with van der Waals surface area (Å²) < 4.78 is 6.78. The number of thiophene rings is 1. The Bertz CT molecular complexity index is 957. The zero-order valence-electron chi connectivity index (χ0n) is 18.6. The summed E-state index contributed by atoms with van der Waals surface area (Å²) in [5.41, 5.74) is 2.37. The number of nitrogens with zero attached hydrogens (tertiary/aromatic N) is 1. The number of amides is 1. The average Bonchev–Trinajstić information content (AvgIpc) is 3.15. The number of aromatic nitrogens is 1. The minimum atomic E-state index is -0.150. The Kier molecular flexibility index (Phi) is 7.50. The van der Waals surface area contributed by atoms with Crippen molar-refractivity contribution in [2.75, 3.05) is 30.8 Å². The number of ether oxygens (including phenoxy) is 1. The molecule has 1 aliphatic heterocycles. The molecule has 8 nitrogen and oxygen atoms in total. The van der Waals surface area contributed by atoms with Crippen LogP contribution in [0, 0.1) is 5.41 Å². The third kappa shape index (κ3) is 6.41. The summed E-state index contributed by atoms with van der Waals surface area (Å²) >= 11 is 1.57. The van der Waals surface area contributed by atoms with Crippen LogP contribution in [0.5, 0.6) is 0 Å². The van der Waals surface area contributed by atoms with E-state index in [9.17, 15) is 4.79 Å². The van der Waals surface area contributed by atoms with Crippen LogP contribution >= 0.6 is 11.3 Å². The highest BCUT2D eigenvalue weighted by atomic mass is 32.1. The standard InChI is InChI=1S/C22H32N6O2S/c1-22(2,3)28-18-12-15(25-13-19(29)24-4)21-16(26-18)11-17(31-21)14(8-9-23)27-20-7-5-6-10-30-20/h8-9,11-12,20,23,27H,5-7,10,13H2,1-4H3,(H,24,29)(H2,25,26,28)/b14-8-,23-9?. The fourth-order valence-electron chi connectivity index (χ4n) is 3.31. The minimum absolute atomic E-state index is 0.0536. The van der Waals surface area contributed by atoms with Gasteiger partial charge in [0.2, 0.25) is 5.91 Å². The second kappa shape index (κ2) is 10.1. The smallest absolute Gasteiger partial charge is 0.239 e. The quantitative estimate of drug-likeness (QED) is 0.396. The van der Waals surface area contributed by atoms with Crippen LogP contribution in [0.2, 0.25) is 0 Å². The summed E-state index contributed by atoms with van der Waals surface area (Å²) in [7, 11) is 1.62. The highest BCUT2D eigenvalue weighted by molar-refractivity contribution is 7.20. The van der Waals surface area contributed by atoms with Crippen molar-refractivity contribution >= 4 is 50.9 Å². The van der Waals surface area contributed by atoms with Gasteiger partial charge in [-0.3, -0.25) is 4.79 Å². The summed E-state index contributed by atoms with van der Waals surface area (Å²) in [6.07, 6.45) is 6.12. The summed E-state index contributed by atoms with van der Waals surface area (Å²) in [4.78, 5) is 17.6.